The lowest BCUT2D eigenvalue weighted by Gasteiger charge is -2.29. The molecule has 2 fully saturated rings. The van der Waals surface area contributed by atoms with Gasteiger partial charge in [0.1, 0.15) is 0 Å². The van der Waals surface area contributed by atoms with Crippen molar-refractivity contribution in [2.24, 2.45) is 17.8 Å². The summed E-state index contributed by atoms with van der Waals surface area (Å²) < 4.78 is 0. The first-order chi connectivity index (χ1) is 10.1. The van der Waals surface area contributed by atoms with Gasteiger partial charge in [-0.2, -0.15) is 0 Å². The minimum absolute atomic E-state index is 0.0106. The molecule has 0 aliphatic heterocycles. The standard InChI is InChI=1S/C18H26N2O/c1-12(17-10-14-7-8-15(17)9-14)19-11-16-5-3-4-6-18(16)20-13(2)21/h3-6,12,14-15,17,19H,7-11H2,1-2H3,(H,20,21). The molecule has 1 aromatic rings. The van der Waals surface area contributed by atoms with Crippen molar-refractivity contribution in [3.05, 3.63) is 29.8 Å². The van der Waals surface area contributed by atoms with Gasteiger partial charge in [0.05, 0.1) is 0 Å². The van der Waals surface area contributed by atoms with Crippen molar-refractivity contribution in [2.75, 3.05) is 5.32 Å². The molecule has 114 valence electrons. The molecule has 1 aromatic carbocycles. The number of benzene rings is 1. The van der Waals surface area contributed by atoms with Gasteiger partial charge in [-0.1, -0.05) is 24.6 Å². The summed E-state index contributed by atoms with van der Waals surface area (Å²) >= 11 is 0. The van der Waals surface area contributed by atoms with Crippen molar-refractivity contribution < 1.29 is 4.79 Å². The molecule has 0 spiro atoms. The molecule has 3 nitrogen and oxygen atoms in total. The first-order valence-electron chi connectivity index (χ1n) is 8.22. The Hall–Kier alpha value is -1.35. The van der Waals surface area contributed by atoms with Crippen LogP contribution in [-0.2, 0) is 11.3 Å². The predicted molar refractivity (Wildman–Crippen MR) is 86.0 cm³/mol. The number of hydrogen-bond donors (Lipinski definition) is 2. The molecule has 2 aliphatic carbocycles. The number of carbonyl (C=O) groups excluding carboxylic acids is 1. The summed E-state index contributed by atoms with van der Waals surface area (Å²) in [5.74, 6) is 2.78. The molecule has 3 rings (SSSR count). The normalized spacial score (nSPS) is 28.6. The zero-order valence-electron chi connectivity index (χ0n) is 13.1. The summed E-state index contributed by atoms with van der Waals surface area (Å²) in [4.78, 5) is 11.3. The third-order valence-electron chi connectivity index (χ3n) is 5.38. The van der Waals surface area contributed by atoms with Crippen LogP contribution in [0.3, 0.4) is 0 Å². The van der Waals surface area contributed by atoms with Crippen molar-refractivity contribution in [1.29, 1.82) is 0 Å². The van der Waals surface area contributed by atoms with Gasteiger partial charge in [-0.15, -0.1) is 0 Å². The Bertz CT molecular complexity index is 514. The van der Waals surface area contributed by atoms with Crippen molar-refractivity contribution in [1.82, 2.24) is 5.32 Å². The van der Waals surface area contributed by atoms with E-state index >= 15 is 0 Å². The highest BCUT2D eigenvalue weighted by atomic mass is 16.1. The van der Waals surface area contributed by atoms with Gasteiger partial charge in [-0.25, -0.2) is 0 Å². The second-order valence-electron chi connectivity index (χ2n) is 6.85. The van der Waals surface area contributed by atoms with E-state index in [9.17, 15) is 4.79 Å². The van der Waals surface area contributed by atoms with Crippen LogP contribution in [0.25, 0.3) is 0 Å². The predicted octanol–water partition coefficient (Wildman–Crippen LogP) is 3.56. The fraction of sp³-hybridized carbons (Fsp3) is 0.611. The lowest BCUT2D eigenvalue weighted by atomic mass is 9.84. The smallest absolute Gasteiger partial charge is 0.221 e. The first-order valence-corrected chi connectivity index (χ1v) is 8.22. The Morgan fingerprint density at radius 2 is 2.10 bits per heavy atom. The fourth-order valence-electron chi connectivity index (χ4n) is 4.31. The van der Waals surface area contributed by atoms with E-state index in [0.29, 0.717) is 6.04 Å². The molecule has 21 heavy (non-hydrogen) atoms. The Kier molecular flexibility index (Phi) is 4.29. The second-order valence-corrected chi connectivity index (χ2v) is 6.85. The van der Waals surface area contributed by atoms with Crippen LogP contribution in [0.4, 0.5) is 5.69 Å². The van der Waals surface area contributed by atoms with Crippen LogP contribution >= 0.6 is 0 Å². The number of carbonyl (C=O) groups is 1. The molecule has 0 radical (unpaired) electrons. The van der Waals surface area contributed by atoms with Crippen molar-refractivity contribution in [3.8, 4) is 0 Å². The fourth-order valence-corrected chi connectivity index (χ4v) is 4.31. The molecule has 4 atom stereocenters. The molecule has 2 aliphatic rings. The minimum Gasteiger partial charge on any atom is -0.326 e. The van der Waals surface area contributed by atoms with Gasteiger partial charge in [-0.3, -0.25) is 4.79 Å². The molecule has 3 heteroatoms. The van der Waals surface area contributed by atoms with Gasteiger partial charge in [0, 0.05) is 25.2 Å². The van der Waals surface area contributed by atoms with E-state index in [2.05, 4.69) is 23.6 Å². The largest absolute Gasteiger partial charge is 0.326 e. The van der Waals surface area contributed by atoms with Crippen LogP contribution in [0.1, 0.15) is 45.1 Å². The zero-order valence-corrected chi connectivity index (χ0v) is 13.1. The SMILES string of the molecule is CC(=O)Nc1ccccc1CNC(C)C1CC2CCC1C2. The van der Waals surface area contributed by atoms with Gasteiger partial charge in [-0.05, 0) is 55.6 Å². The van der Waals surface area contributed by atoms with Gasteiger partial charge in [0.2, 0.25) is 5.91 Å². The highest BCUT2D eigenvalue weighted by Gasteiger charge is 2.41. The number of amides is 1. The van der Waals surface area contributed by atoms with Crippen LogP contribution in [0, 0.1) is 17.8 Å². The highest BCUT2D eigenvalue weighted by molar-refractivity contribution is 5.89. The molecular formula is C18H26N2O. The summed E-state index contributed by atoms with van der Waals surface area (Å²) in [6, 6.07) is 8.62. The summed E-state index contributed by atoms with van der Waals surface area (Å²) in [5, 5.41) is 6.60. The van der Waals surface area contributed by atoms with Gasteiger partial charge >= 0.3 is 0 Å². The number of fused-ring (bicyclic) bond motifs is 2. The number of rotatable bonds is 5. The minimum atomic E-state index is -0.0106. The Morgan fingerprint density at radius 3 is 2.76 bits per heavy atom. The topological polar surface area (TPSA) is 41.1 Å². The molecule has 1 amide bonds. The average Bonchev–Trinajstić information content (AvgIpc) is 3.08. The monoisotopic (exact) mass is 286 g/mol. The maximum atomic E-state index is 11.3. The number of nitrogens with one attached hydrogen (secondary N) is 2. The lowest BCUT2D eigenvalue weighted by molar-refractivity contribution is -0.114. The Morgan fingerprint density at radius 1 is 1.29 bits per heavy atom. The van der Waals surface area contributed by atoms with Crippen LogP contribution in [0.5, 0.6) is 0 Å². The van der Waals surface area contributed by atoms with E-state index in [0.717, 1.165) is 30.0 Å². The molecule has 2 saturated carbocycles. The molecule has 0 saturated heterocycles. The van der Waals surface area contributed by atoms with Gasteiger partial charge in [0.25, 0.3) is 0 Å². The quantitative estimate of drug-likeness (QED) is 0.869. The summed E-state index contributed by atoms with van der Waals surface area (Å²) in [6.07, 6.45) is 5.76. The van der Waals surface area contributed by atoms with E-state index in [1.165, 1.54) is 31.2 Å². The molecule has 0 heterocycles. The molecule has 2 bridgehead atoms. The maximum absolute atomic E-state index is 11.3. The third-order valence-corrected chi connectivity index (χ3v) is 5.38. The summed E-state index contributed by atoms with van der Waals surface area (Å²) in [7, 11) is 0. The Balaban J connectivity index is 1.58. The molecule has 4 unspecified atom stereocenters. The van der Waals surface area contributed by atoms with Crippen molar-refractivity contribution in [2.45, 2.75) is 52.1 Å². The van der Waals surface area contributed by atoms with E-state index < -0.39 is 0 Å². The van der Waals surface area contributed by atoms with Gasteiger partial charge < -0.3 is 10.6 Å². The zero-order chi connectivity index (χ0) is 14.8. The lowest BCUT2D eigenvalue weighted by Crippen LogP contribution is -2.36. The van der Waals surface area contributed by atoms with E-state index in [1.807, 2.05) is 18.2 Å². The van der Waals surface area contributed by atoms with Crippen LogP contribution in [0.2, 0.25) is 0 Å². The van der Waals surface area contributed by atoms with Crippen LogP contribution < -0.4 is 10.6 Å². The Labute approximate surface area is 127 Å². The van der Waals surface area contributed by atoms with E-state index in [-0.39, 0.29) is 5.91 Å². The molecule has 2 N–H and O–H groups in total. The van der Waals surface area contributed by atoms with Crippen LogP contribution in [-0.4, -0.2) is 11.9 Å². The highest BCUT2D eigenvalue weighted by Crippen LogP contribution is 2.49. The summed E-state index contributed by atoms with van der Waals surface area (Å²) in [5.41, 5.74) is 2.10. The molecule has 0 aromatic heterocycles. The molecular weight excluding hydrogens is 260 g/mol. The summed E-state index contributed by atoms with van der Waals surface area (Å²) in [6.45, 7) is 4.71. The van der Waals surface area contributed by atoms with Gasteiger partial charge in [0.15, 0.2) is 0 Å². The van der Waals surface area contributed by atoms with Crippen molar-refractivity contribution in [3.63, 3.8) is 0 Å². The number of hydrogen-bond acceptors (Lipinski definition) is 2. The third kappa shape index (κ3) is 3.29. The average molecular weight is 286 g/mol. The van der Waals surface area contributed by atoms with E-state index in [1.54, 1.807) is 6.92 Å². The number of para-hydroxylation sites is 1. The van der Waals surface area contributed by atoms with Crippen molar-refractivity contribution >= 4 is 11.6 Å². The second kappa shape index (κ2) is 6.18. The first kappa shape index (κ1) is 14.6. The maximum Gasteiger partial charge on any atom is 0.221 e. The number of anilines is 1. The van der Waals surface area contributed by atoms with Crippen LogP contribution in [0.15, 0.2) is 24.3 Å². The van der Waals surface area contributed by atoms with E-state index in [4.69, 9.17) is 0 Å².